The van der Waals surface area contributed by atoms with Crippen LogP contribution in [0.5, 0.6) is 0 Å². The van der Waals surface area contributed by atoms with Gasteiger partial charge in [-0.1, -0.05) is 50.3 Å². The molecule has 0 saturated heterocycles. The number of carbonyl (C=O) groups is 1. The molecule has 86 valence electrons. The molecule has 1 rings (SSSR count). The van der Waals surface area contributed by atoms with Crippen molar-refractivity contribution in [2.24, 2.45) is 11.8 Å². The van der Waals surface area contributed by atoms with Gasteiger partial charge >= 0.3 is 5.97 Å². The summed E-state index contributed by atoms with van der Waals surface area (Å²) in [5, 5.41) is 0. The fraction of sp³-hybridized carbons (Fsp3) is 0.357. The van der Waals surface area contributed by atoms with Crippen LogP contribution >= 0.6 is 0 Å². The van der Waals surface area contributed by atoms with E-state index in [9.17, 15) is 4.79 Å². The number of benzene rings is 1. The summed E-state index contributed by atoms with van der Waals surface area (Å²) in [7, 11) is 0. The molecule has 0 heterocycles. The SMILES string of the molecule is C=C[C@H](C)[C@H](C)C(=O)OCc1ccccc1. The smallest absolute Gasteiger partial charge is 0.309 e. The van der Waals surface area contributed by atoms with Crippen LogP contribution in [0.15, 0.2) is 43.0 Å². The topological polar surface area (TPSA) is 26.3 Å². The Balaban J connectivity index is 2.44. The molecule has 0 amide bonds. The molecule has 0 saturated carbocycles. The molecule has 0 bridgehead atoms. The van der Waals surface area contributed by atoms with Crippen LogP contribution in [0.4, 0.5) is 0 Å². The van der Waals surface area contributed by atoms with Gasteiger partial charge in [-0.05, 0) is 11.5 Å². The first-order chi connectivity index (χ1) is 7.65. The quantitative estimate of drug-likeness (QED) is 0.560. The fourth-order valence-electron chi connectivity index (χ4n) is 1.28. The molecule has 0 aliphatic heterocycles. The van der Waals surface area contributed by atoms with E-state index in [4.69, 9.17) is 4.74 Å². The van der Waals surface area contributed by atoms with E-state index in [1.807, 2.05) is 44.2 Å². The number of esters is 1. The Labute approximate surface area is 96.9 Å². The second-order valence-corrected chi connectivity index (χ2v) is 3.98. The maximum atomic E-state index is 11.6. The summed E-state index contributed by atoms with van der Waals surface area (Å²) in [6.07, 6.45) is 1.77. The number of hydrogen-bond acceptors (Lipinski definition) is 2. The predicted molar refractivity (Wildman–Crippen MR) is 64.8 cm³/mol. The van der Waals surface area contributed by atoms with Crippen LogP contribution in [0.25, 0.3) is 0 Å². The summed E-state index contributed by atoms with van der Waals surface area (Å²) in [5.74, 6) is -0.166. The zero-order valence-corrected chi connectivity index (χ0v) is 9.85. The molecule has 0 fully saturated rings. The van der Waals surface area contributed by atoms with Crippen molar-refractivity contribution in [3.05, 3.63) is 48.6 Å². The lowest BCUT2D eigenvalue weighted by Crippen LogP contribution is -2.20. The van der Waals surface area contributed by atoms with Gasteiger partial charge in [-0.15, -0.1) is 6.58 Å². The third-order valence-corrected chi connectivity index (χ3v) is 2.76. The van der Waals surface area contributed by atoms with Crippen LogP contribution in [0.1, 0.15) is 19.4 Å². The number of hydrogen-bond donors (Lipinski definition) is 0. The predicted octanol–water partition coefficient (Wildman–Crippen LogP) is 3.19. The Bertz CT molecular complexity index is 343. The number of ether oxygens (including phenoxy) is 1. The van der Waals surface area contributed by atoms with Gasteiger partial charge in [-0.25, -0.2) is 0 Å². The van der Waals surface area contributed by atoms with Crippen LogP contribution in [0.2, 0.25) is 0 Å². The lowest BCUT2D eigenvalue weighted by molar-refractivity contribution is -0.150. The van der Waals surface area contributed by atoms with Gasteiger partial charge in [0, 0.05) is 0 Å². The van der Waals surface area contributed by atoms with E-state index < -0.39 is 0 Å². The molecule has 0 aliphatic rings. The summed E-state index contributed by atoms with van der Waals surface area (Å²) in [5.41, 5.74) is 1.01. The van der Waals surface area contributed by atoms with Crippen molar-refractivity contribution in [3.8, 4) is 0 Å². The minimum absolute atomic E-state index is 0.138. The van der Waals surface area contributed by atoms with E-state index in [2.05, 4.69) is 6.58 Å². The van der Waals surface area contributed by atoms with Crippen molar-refractivity contribution in [3.63, 3.8) is 0 Å². The lowest BCUT2D eigenvalue weighted by Gasteiger charge is -2.15. The van der Waals surface area contributed by atoms with Gasteiger partial charge in [0.15, 0.2) is 0 Å². The maximum absolute atomic E-state index is 11.6. The van der Waals surface area contributed by atoms with E-state index in [1.165, 1.54) is 0 Å². The van der Waals surface area contributed by atoms with Crippen LogP contribution in [-0.2, 0) is 16.1 Å². The average Bonchev–Trinajstić information content (AvgIpc) is 2.35. The highest BCUT2D eigenvalue weighted by molar-refractivity contribution is 5.72. The molecular formula is C14H18O2. The zero-order valence-electron chi connectivity index (χ0n) is 9.85. The summed E-state index contributed by atoms with van der Waals surface area (Å²) < 4.78 is 5.23. The van der Waals surface area contributed by atoms with Crippen molar-refractivity contribution in [1.82, 2.24) is 0 Å². The molecule has 2 atom stereocenters. The van der Waals surface area contributed by atoms with E-state index in [0.717, 1.165) is 5.56 Å². The fourth-order valence-corrected chi connectivity index (χ4v) is 1.28. The van der Waals surface area contributed by atoms with E-state index in [1.54, 1.807) is 6.08 Å². The van der Waals surface area contributed by atoms with Crippen molar-refractivity contribution in [2.75, 3.05) is 0 Å². The Kier molecular flexibility index (Phi) is 4.77. The molecule has 0 unspecified atom stereocenters. The summed E-state index contributed by atoms with van der Waals surface area (Å²) in [6, 6.07) is 9.68. The van der Waals surface area contributed by atoms with E-state index >= 15 is 0 Å². The van der Waals surface area contributed by atoms with Crippen LogP contribution in [0, 0.1) is 11.8 Å². The van der Waals surface area contributed by atoms with Gasteiger partial charge in [0.25, 0.3) is 0 Å². The average molecular weight is 218 g/mol. The molecular weight excluding hydrogens is 200 g/mol. The highest BCUT2D eigenvalue weighted by Crippen LogP contribution is 2.14. The molecule has 2 heteroatoms. The molecule has 16 heavy (non-hydrogen) atoms. The normalized spacial score (nSPS) is 13.9. The first-order valence-electron chi connectivity index (χ1n) is 5.48. The third-order valence-electron chi connectivity index (χ3n) is 2.76. The van der Waals surface area contributed by atoms with Crippen molar-refractivity contribution in [2.45, 2.75) is 20.5 Å². The highest BCUT2D eigenvalue weighted by Gasteiger charge is 2.19. The number of carbonyl (C=O) groups excluding carboxylic acids is 1. The maximum Gasteiger partial charge on any atom is 0.309 e. The molecule has 1 aromatic rings. The summed E-state index contributed by atoms with van der Waals surface area (Å²) in [4.78, 5) is 11.6. The summed E-state index contributed by atoms with van der Waals surface area (Å²) in [6.45, 7) is 7.84. The van der Waals surface area contributed by atoms with Gasteiger partial charge in [0.2, 0.25) is 0 Å². The minimum Gasteiger partial charge on any atom is -0.461 e. The highest BCUT2D eigenvalue weighted by atomic mass is 16.5. The zero-order chi connectivity index (χ0) is 12.0. The van der Waals surface area contributed by atoms with Crippen LogP contribution in [0.3, 0.4) is 0 Å². The van der Waals surface area contributed by atoms with Crippen LogP contribution < -0.4 is 0 Å². The third kappa shape index (κ3) is 3.54. The Morgan fingerprint density at radius 2 is 2.00 bits per heavy atom. The molecule has 1 aromatic carbocycles. The second-order valence-electron chi connectivity index (χ2n) is 3.98. The number of rotatable bonds is 5. The van der Waals surface area contributed by atoms with Crippen molar-refractivity contribution < 1.29 is 9.53 Å². The van der Waals surface area contributed by atoms with Gasteiger partial charge < -0.3 is 4.74 Å². The molecule has 0 N–H and O–H groups in total. The molecule has 2 nitrogen and oxygen atoms in total. The first-order valence-corrected chi connectivity index (χ1v) is 5.48. The second kappa shape index (κ2) is 6.11. The molecule has 0 aromatic heterocycles. The lowest BCUT2D eigenvalue weighted by atomic mass is 9.96. The standard InChI is InChI=1S/C14H18O2/c1-4-11(2)12(3)14(15)16-10-13-8-6-5-7-9-13/h4-9,11-12H,1,10H2,2-3H3/t11-,12-/m0/s1. The minimum atomic E-state index is -0.170. The Morgan fingerprint density at radius 3 is 2.56 bits per heavy atom. The monoisotopic (exact) mass is 218 g/mol. The Hall–Kier alpha value is -1.57. The molecule has 0 radical (unpaired) electrons. The van der Waals surface area contributed by atoms with Crippen molar-refractivity contribution in [1.29, 1.82) is 0 Å². The molecule has 0 spiro atoms. The van der Waals surface area contributed by atoms with Crippen LogP contribution in [-0.4, -0.2) is 5.97 Å². The van der Waals surface area contributed by atoms with Gasteiger partial charge in [0.1, 0.15) is 6.61 Å². The van der Waals surface area contributed by atoms with Crippen molar-refractivity contribution >= 4 is 5.97 Å². The van der Waals surface area contributed by atoms with Gasteiger partial charge in [-0.2, -0.15) is 0 Å². The van der Waals surface area contributed by atoms with E-state index in [0.29, 0.717) is 6.61 Å². The largest absolute Gasteiger partial charge is 0.461 e. The summed E-state index contributed by atoms with van der Waals surface area (Å²) >= 11 is 0. The van der Waals surface area contributed by atoms with Gasteiger partial charge in [-0.3, -0.25) is 4.79 Å². The van der Waals surface area contributed by atoms with E-state index in [-0.39, 0.29) is 17.8 Å². The van der Waals surface area contributed by atoms with Gasteiger partial charge in [0.05, 0.1) is 5.92 Å². The number of allylic oxidation sites excluding steroid dienone is 1. The molecule has 0 aliphatic carbocycles. The first kappa shape index (κ1) is 12.5. The Morgan fingerprint density at radius 1 is 1.38 bits per heavy atom.